The van der Waals surface area contributed by atoms with Crippen LogP contribution in [-0.2, 0) is 0 Å². The van der Waals surface area contributed by atoms with Crippen molar-refractivity contribution in [2.75, 3.05) is 0 Å². The Morgan fingerprint density at radius 3 is 2.03 bits per heavy atom. The number of hydrogen-bond donors (Lipinski definition) is 0. The Hall–Kier alpha value is -3.97. The molecule has 0 atom stereocenters. The van der Waals surface area contributed by atoms with Gasteiger partial charge in [0.15, 0.2) is 0 Å². The van der Waals surface area contributed by atoms with Crippen molar-refractivity contribution in [3.05, 3.63) is 115 Å². The van der Waals surface area contributed by atoms with Crippen LogP contribution in [0.2, 0.25) is 0 Å². The fourth-order valence-electron chi connectivity index (χ4n) is 4.42. The first-order chi connectivity index (χ1) is 14.9. The van der Waals surface area contributed by atoms with Gasteiger partial charge in [-0.3, -0.25) is 0 Å². The topological polar surface area (TPSA) is 12.9 Å². The molecule has 0 radical (unpaired) electrons. The Labute approximate surface area is 175 Å². The van der Waals surface area contributed by atoms with Crippen LogP contribution in [0.1, 0.15) is 0 Å². The molecule has 0 spiro atoms. The zero-order valence-electron chi connectivity index (χ0n) is 16.4. The van der Waals surface area contributed by atoms with Crippen molar-refractivity contribution in [3.63, 3.8) is 0 Å². The number of nitrogens with zero attached hydrogens (tertiary/aromatic N) is 1. The van der Waals surface area contributed by atoms with E-state index in [4.69, 9.17) is 4.98 Å². The van der Waals surface area contributed by atoms with Crippen molar-refractivity contribution in [1.82, 2.24) is 4.98 Å². The monoisotopic (exact) mass is 381 g/mol. The van der Waals surface area contributed by atoms with Gasteiger partial charge in [0.1, 0.15) is 0 Å². The highest BCUT2D eigenvalue weighted by molar-refractivity contribution is 6.22. The van der Waals surface area contributed by atoms with Gasteiger partial charge in [0, 0.05) is 21.7 Å². The standard InChI is InChI=1S/C29H19N/c1-2-9-20(10-3-1)22-12-8-13-23(19-22)29-26-18-17-21-11-4-5-14-24(21)28(26)25-15-6-7-16-27(25)30-29/h1-19H. The normalized spacial score (nSPS) is 11.3. The second-order valence-electron chi connectivity index (χ2n) is 7.63. The van der Waals surface area contributed by atoms with E-state index < -0.39 is 0 Å². The highest BCUT2D eigenvalue weighted by atomic mass is 14.7. The molecule has 0 amide bonds. The van der Waals surface area contributed by atoms with Gasteiger partial charge in [-0.15, -0.1) is 0 Å². The Kier molecular flexibility index (Phi) is 3.85. The Balaban J connectivity index is 1.71. The number of rotatable bonds is 2. The molecule has 1 aromatic heterocycles. The first-order valence-electron chi connectivity index (χ1n) is 10.2. The van der Waals surface area contributed by atoms with Crippen LogP contribution in [0.25, 0.3) is 54.8 Å². The number of benzene rings is 5. The summed E-state index contributed by atoms with van der Waals surface area (Å²) >= 11 is 0. The maximum Gasteiger partial charge on any atom is 0.0788 e. The van der Waals surface area contributed by atoms with Crippen LogP contribution in [0, 0.1) is 0 Å². The zero-order valence-corrected chi connectivity index (χ0v) is 16.4. The van der Waals surface area contributed by atoms with E-state index >= 15 is 0 Å². The van der Waals surface area contributed by atoms with Crippen LogP contribution in [0.4, 0.5) is 0 Å². The predicted molar refractivity (Wildman–Crippen MR) is 128 cm³/mol. The van der Waals surface area contributed by atoms with Gasteiger partial charge in [0.25, 0.3) is 0 Å². The molecule has 0 fully saturated rings. The zero-order chi connectivity index (χ0) is 19.9. The van der Waals surface area contributed by atoms with Crippen molar-refractivity contribution in [2.45, 2.75) is 0 Å². The van der Waals surface area contributed by atoms with Gasteiger partial charge in [-0.2, -0.15) is 0 Å². The summed E-state index contributed by atoms with van der Waals surface area (Å²) in [6, 6.07) is 40.7. The van der Waals surface area contributed by atoms with E-state index in [1.807, 2.05) is 0 Å². The molecular formula is C29H19N. The van der Waals surface area contributed by atoms with Crippen molar-refractivity contribution in [1.29, 1.82) is 0 Å². The molecule has 6 aromatic rings. The number of aromatic nitrogens is 1. The van der Waals surface area contributed by atoms with E-state index in [-0.39, 0.29) is 0 Å². The first kappa shape index (κ1) is 16.9. The lowest BCUT2D eigenvalue weighted by Crippen LogP contribution is -1.91. The number of pyridine rings is 1. The summed E-state index contributed by atoms with van der Waals surface area (Å²) in [5.41, 5.74) is 5.63. The van der Waals surface area contributed by atoms with E-state index in [2.05, 4.69) is 115 Å². The number of fused-ring (bicyclic) bond motifs is 5. The fraction of sp³-hybridized carbons (Fsp3) is 0. The van der Waals surface area contributed by atoms with Gasteiger partial charge >= 0.3 is 0 Å². The summed E-state index contributed by atoms with van der Waals surface area (Å²) < 4.78 is 0. The van der Waals surface area contributed by atoms with Crippen LogP contribution in [0.3, 0.4) is 0 Å². The second kappa shape index (κ2) is 6.82. The smallest absolute Gasteiger partial charge is 0.0788 e. The van der Waals surface area contributed by atoms with Gasteiger partial charge < -0.3 is 0 Å². The summed E-state index contributed by atoms with van der Waals surface area (Å²) in [6.45, 7) is 0. The van der Waals surface area contributed by atoms with E-state index in [9.17, 15) is 0 Å². The van der Waals surface area contributed by atoms with Gasteiger partial charge in [-0.05, 0) is 34.0 Å². The molecule has 0 aliphatic heterocycles. The largest absolute Gasteiger partial charge is 0.247 e. The summed E-state index contributed by atoms with van der Waals surface area (Å²) in [4.78, 5) is 5.12. The molecule has 1 nitrogen and oxygen atoms in total. The molecule has 5 aromatic carbocycles. The number of hydrogen-bond acceptors (Lipinski definition) is 1. The van der Waals surface area contributed by atoms with Crippen LogP contribution in [-0.4, -0.2) is 4.98 Å². The molecule has 0 aliphatic rings. The molecule has 0 aliphatic carbocycles. The van der Waals surface area contributed by atoms with Crippen molar-refractivity contribution < 1.29 is 0 Å². The molecular weight excluding hydrogens is 362 g/mol. The Bertz CT molecular complexity index is 1520. The lowest BCUT2D eigenvalue weighted by Gasteiger charge is -2.13. The van der Waals surface area contributed by atoms with Gasteiger partial charge in [-0.1, -0.05) is 103 Å². The summed E-state index contributed by atoms with van der Waals surface area (Å²) in [6.07, 6.45) is 0. The van der Waals surface area contributed by atoms with Gasteiger partial charge in [-0.25, -0.2) is 4.98 Å². The molecule has 0 saturated heterocycles. The van der Waals surface area contributed by atoms with E-state index in [1.54, 1.807) is 0 Å². The fourth-order valence-corrected chi connectivity index (χ4v) is 4.42. The minimum atomic E-state index is 1.03. The van der Waals surface area contributed by atoms with Crippen molar-refractivity contribution >= 4 is 32.4 Å². The summed E-state index contributed by atoms with van der Waals surface area (Å²) in [5.74, 6) is 0. The third-order valence-electron chi connectivity index (χ3n) is 5.83. The summed E-state index contributed by atoms with van der Waals surface area (Å²) in [7, 11) is 0. The van der Waals surface area contributed by atoms with E-state index in [0.717, 1.165) is 16.8 Å². The molecule has 0 saturated carbocycles. The molecule has 0 N–H and O–H groups in total. The molecule has 0 bridgehead atoms. The molecule has 1 heteroatoms. The highest BCUT2D eigenvalue weighted by Gasteiger charge is 2.13. The average Bonchev–Trinajstić information content (AvgIpc) is 2.84. The van der Waals surface area contributed by atoms with Crippen molar-refractivity contribution in [3.8, 4) is 22.4 Å². The van der Waals surface area contributed by atoms with Crippen LogP contribution < -0.4 is 0 Å². The van der Waals surface area contributed by atoms with E-state index in [0.29, 0.717) is 0 Å². The maximum absolute atomic E-state index is 5.12. The van der Waals surface area contributed by atoms with Crippen molar-refractivity contribution in [2.24, 2.45) is 0 Å². The van der Waals surface area contributed by atoms with Gasteiger partial charge in [0.05, 0.1) is 11.2 Å². The molecule has 140 valence electrons. The second-order valence-corrected chi connectivity index (χ2v) is 7.63. The van der Waals surface area contributed by atoms with E-state index in [1.165, 1.54) is 38.1 Å². The molecule has 6 rings (SSSR count). The SMILES string of the molecule is c1ccc(-c2cccc(-c3nc4ccccc4c4c3ccc3ccccc34)c2)cc1. The van der Waals surface area contributed by atoms with Crippen LogP contribution in [0.5, 0.6) is 0 Å². The molecule has 0 unspecified atom stereocenters. The predicted octanol–water partition coefficient (Wildman–Crippen LogP) is 7.88. The Morgan fingerprint density at radius 2 is 1.13 bits per heavy atom. The minimum Gasteiger partial charge on any atom is -0.247 e. The average molecular weight is 381 g/mol. The van der Waals surface area contributed by atoms with Crippen LogP contribution in [0.15, 0.2) is 115 Å². The lowest BCUT2D eigenvalue weighted by atomic mass is 9.94. The molecule has 1 heterocycles. The summed E-state index contributed by atoms with van der Waals surface area (Å²) in [5, 5.41) is 6.20. The van der Waals surface area contributed by atoms with Crippen LogP contribution >= 0.6 is 0 Å². The first-order valence-corrected chi connectivity index (χ1v) is 10.2. The minimum absolute atomic E-state index is 1.03. The third kappa shape index (κ3) is 2.67. The quantitative estimate of drug-likeness (QED) is 0.278. The molecule has 30 heavy (non-hydrogen) atoms. The maximum atomic E-state index is 5.12. The number of para-hydroxylation sites is 1. The lowest BCUT2D eigenvalue weighted by molar-refractivity contribution is 1.43. The third-order valence-corrected chi connectivity index (χ3v) is 5.83. The Morgan fingerprint density at radius 1 is 0.433 bits per heavy atom. The van der Waals surface area contributed by atoms with Gasteiger partial charge in [0.2, 0.25) is 0 Å². The highest BCUT2D eigenvalue weighted by Crippen LogP contribution is 2.37.